The van der Waals surface area contributed by atoms with Crippen molar-refractivity contribution >= 4 is 38.4 Å². The van der Waals surface area contributed by atoms with Gasteiger partial charge in [0.05, 0.1) is 16.6 Å². The lowest BCUT2D eigenvalue weighted by Gasteiger charge is -2.10. The number of para-hydroxylation sites is 1. The predicted octanol–water partition coefficient (Wildman–Crippen LogP) is 6.37. The number of fused-ring (bicyclic) bond motifs is 12. The number of nitrogens with zero attached hydrogens (tertiary/aromatic N) is 2. The van der Waals surface area contributed by atoms with E-state index >= 15 is 0 Å². The monoisotopic (exact) mass is 356 g/mol. The van der Waals surface area contributed by atoms with E-state index < -0.39 is 0 Å². The molecule has 28 heavy (non-hydrogen) atoms. The first-order valence-electron chi connectivity index (χ1n) is 9.72. The Balaban J connectivity index is 1.82. The summed E-state index contributed by atoms with van der Waals surface area (Å²) in [7, 11) is 0. The summed E-state index contributed by atoms with van der Waals surface area (Å²) in [5.41, 5.74) is 10.1. The van der Waals surface area contributed by atoms with Crippen LogP contribution in [-0.4, -0.2) is 9.38 Å². The second-order valence-corrected chi connectivity index (χ2v) is 7.63. The third-order valence-electron chi connectivity index (χ3n) is 6.18. The Bertz CT molecular complexity index is 1590. The molecule has 4 aromatic carbocycles. The molecule has 7 rings (SSSR count). The van der Waals surface area contributed by atoms with E-state index in [0.29, 0.717) is 0 Å². The minimum Gasteiger partial charge on any atom is -0.291 e. The molecule has 0 spiro atoms. The average Bonchev–Trinajstić information content (AvgIpc) is 3.32. The summed E-state index contributed by atoms with van der Waals surface area (Å²) in [6, 6.07) is 30.5. The Kier molecular flexibility index (Phi) is 2.57. The van der Waals surface area contributed by atoms with E-state index in [4.69, 9.17) is 4.98 Å². The quantitative estimate of drug-likeness (QED) is 0.289. The summed E-state index contributed by atoms with van der Waals surface area (Å²) >= 11 is 0. The predicted molar refractivity (Wildman–Crippen MR) is 116 cm³/mol. The van der Waals surface area contributed by atoms with Crippen molar-refractivity contribution in [2.75, 3.05) is 0 Å². The summed E-state index contributed by atoms with van der Waals surface area (Å²) in [4.78, 5) is 5.11. The third kappa shape index (κ3) is 1.66. The molecule has 130 valence electrons. The van der Waals surface area contributed by atoms with Crippen molar-refractivity contribution in [2.45, 2.75) is 6.42 Å². The van der Waals surface area contributed by atoms with E-state index in [1.165, 1.54) is 49.4 Å². The van der Waals surface area contributed by atoms with Crippen molar-refractivity contribution in [1.29, 1.82) is 0 Å². The van der Waals surface area contributed by atoms with Gasteiger partial charge in [-0.2, -0.15) is 0 Å². The molecule has 2 nitrogen and oxygen atoms in total. The number of imidazole rings is 1. The van der Waals surface area contributed by atoms with Gasteiger partial charge in [0.25, 0.3) is 0 Å². The third-order valence-corrected chi connectivity index (χ3v) is 6.18. The van der Waals surface area contributed by atoms with Gasteiger partial charge in [0.2, 0.25) is 0 Å². The molecule has 2 heteroatoms. The molecule has 0 unspecified atom stereocenters. The SMILES string of the molecule is c1ccc2c(c1)Cc1ccc3nc4c5ccccc5c5ccccc5n4c3c1-2. The van der Waals surface area contributed by atoms with Gasteiger partial charge in [-0.05, 0) is 40.6 Å². The standard InChI is InChI=1S/C26H16N2/c1-2-8-18-16(7-1)15-17-13-14-22-25(24(17)18)28-23-12-6-5-10-20(23)19-9-3-4-11-21(19)26(28)27-22/h1-14H,15H2. The minimum atomic E-state index is 1.00. The second-order valence-electron chi connectivity index (χ2n) is 7.63. The zero-order valence-electron chi connectivity index (χ0n) is 15.2. The van der Waals surface area contributed by atoms with Crippen LogP contribution in [0.5, 0.6) is 0 Å². The summed E-state index contributed by atoms with van der Waals surface area (Å²) in [5, 5.41) is 3.74. The van der Waals surface area contributed by atoms with Crippen LogP contribution in [0.2, 0.25) is 0 Å². The molecular formula is C26H16N2. The molecule has 1 aliphatic carbocycles. The first-order valence-corrected chi connectivity index (χ1v) is 9.72. The van der Waals surface area contributed by atoms with Crippen LogP contribution in [0.4, 0.5) is 0 Å². The van der Waals surface area contributed by atoms with Crippen LogP contribution < -0.4 is 0 Å². The normalized spacial score (nSPS) is 12.9. The van der Waals surface area contributed by atoms with Gasteiger partial charge in [-0.1, -0.05) is 72.8 Å². The maximum absolute atomic E-state index is 5.11. The lowest BCUT2D eigenvalue weighted by atomic mass is 10.0. The molecule has 0 saturated heterocycles. The van der Waals surface area contributed by atoms with Gasteiger partial charge in [-0.3, -0.25) is 4.40 Å². The van der Waals surface area contributed by atoms with E-state index in [1.54, 1.807) is 0 Å². The van der Waals surface area contributed by atoms with Gasteiger partial charge >= 0.3 is 0 Å². The van der Waals surface area contributed by atoms with Gasteiger partial charge in [-0.25, -0.2) is 4.98 Å². The van der Waals surface area contributed by atoms with E-state index in [2.05, 4.69) is 89.3 Å². The highest BCUT2D eigenvalue weighted by Gasteiger charge is 2.24. The topological polar surface area (TPSA) is 17.3 Å². The van der Waals surface area contributed by atoms with Crippen LogP contribution in [0, 0.1) is 0 Å². The van der Waals surface area contributed by atoms with E-state index in [0.717, 1.165) is 17.6 Å². The zero-order chi connectivity index (χ0) is 18.2. The fraction of sp³-hybridized carbons (Fsp3) is 0.0385. The lowest BCUT2D eigenvalue weighted by Crippen LogP contribution is -1.92. The fourth-order valence-electron chi connectivity index (χ4n) is 5.00. The molecular weight excluding hydrogens is 340 g/mol. The number of aromatic nitrogens is 2. The Morgan fingerprint density at radius 2 is 1.39 bits per heavy atom. The Labute approximate surface area is 161 Å². The Morgan fingerprint density at radius 3 is 2.32 bits per heavy atom. The average molecular weight is 356 g/mol. The number of benzene rings is 4. The number of hydrogen-bond acceptors (Lipinski definition) is 1. The van der Waals surface area contributed by atoms with Crippen molar-refractivity contribution < 1.29 is 0 Å². The van der Waals surface area contributed by atoms with Gasteiger partial charge in [0, 0.05) is 16.3 Å². The van der Waals surface area contributed by atoms with Gasteiger partial charge in [-0.15, -0.1) is 0 Å². The van der Waals surface area contributed by atoms with Crippen LogP contribution in [0.15, 0.2) is 84.9 Å². The summed E-state index contributed by atoms with van der Waals surface area (Å²) < 4.78 is 2.38. The molecule has 0 saturated carbocycles. The molecule has 0 radical (unpaired) electrons. The van der Waals surface area contributed by atoms with Crippen LogP contribution in [0.25, 0.3) is 49.5 Å². The van der Waals surface area contributed by atoms with Crippen molar-refractivity contribution in [1.82, 2.24) is 9.38 Å². The van der Waals surface area contributed by atoms with Crippen LogP contribution >= 0.6 is 0 Å². The lowest BCUT2D eigenvalue weighted by molar-refractivity contribution is 1.26. The number of hydrogen-bond donors (Lipinski definition) is 0. The van der Waals surface area contributed by atoms with Crippen LogP contribution in [-0.2, 0) is 6.42 Å². The highest BCUT2D eigenvalue weighted by atomic mass is 15.0. The molecule has 0 aliphatic heterocycles. The molecule has 0 atom stereocenters. The van der Waals surface area contributed by atoms with E-state index in [9.17, 15) is 0 Å². The van der Waals surface area contributed by atoms with Crippen molar-refractivity contribution in [2.24, 2.45) is 0 Å². The number of pyridine rings is 1. The second kappa shape index (κ2) is 4.99. The molecule has 6 aromatic rings. The van der Waals surface area contributed by atoms with Gasteiger partial charge < -0.3 is 0 Å². The first-order chi connectivity index (χ1) is 13.9. The summed E-state index contributed by atoms with van der Waals surface area (Å²) in [5.74, 6) is 0. The first kappa shape index (κ1) is 14.4. The summed E-state index contributed by atoms with van der Waals surface area (Å²) in [6.45, 7) is 0. The minimum absolute atomic E-state index is 1.00. The van der Waals surface area contributed by atoms with Crippen molar-refractivity contribution in [3.8, 4) is 11.1 Å². The Morgan fingerprint density at radius 1 is 0.643 bits per heavy atom. The van der Waals surface area contributed by atoms with Gasteiger partial charge in [0.1, 0.15) is 5.65 Å². The van der Waals surface area contributed by atoms with E-state index in [1.807, 2.05) is 0 Å². The molecule has 2 heterocycles. The molecule has 1 aliphatic rings. The van der Waals surface area contributed by atoms with Crippen molar-refractivity contribution in [3.63, 3.8) is 0 Å². The van der Waals surface area contributed by atoms with Crippen molar-refractivity contribution in [3.05, 3.63) is 96.1 Å². The maximum Gasteiger partial charge on any atom is 0.146 e. The molecule has 0 bridgehead atoms. The molecule has 0 amide bonds. The highest BCUT2D eigenvalue weighted by Crippen LogP contribution is 2.43. The molecule has 2 aromatic heterocycles. The maximum atomic E-state index is 5.11. The van der Waals surface area contributed by atoms with Crippen LogP contribution in [0.3, 0.4) is 0 Å². The fourth-order valence-corrected chi connectivity index (χ4v) is 5.00. The van der Waals surface area contributed by atoms with Crippen LogP contribution in [0.1, 0.15) is 11.1 Å². The zero-order valence-corrected chi connectivity index (χ0v) is 15.2. The smallest absolute Gasteiger partial charge is 0.146 e. The molecule has 0 fully saturated rings. The molecule has 0 N–H and O–H groups in total. The van der Waals surface area contributed by atoms with Gasteiger partial charge in [0.15, 0.2) is 0 Å². The highest BCUT2D eigenvalue weighted by molar-refractivity contribution is 6.15. The largest absolute Gasteiger partial charge is 0.291 e. The van der Waals surface area contributed by atoms with E-state index in [-0.39, 0.29) is 0 Å². The number of rotatable bonds is 0. The summed E-state index contributed by atoms with van der Waals surface area (Å²) in [6.07, 6.45) is 1.00. The Hall–Kier alpha value is -3.65.